The summed E-state index contributed by atoms with van der Waals surface area (Å²) in [7, 11) is 0. The van der Waals surface area contributed by atoms with Gasteiger partial charge in [0.05, 0.1) is 10.3 Å². The van der Waals surface area contributed by atoms with Crippen LogP contribution in [0.4, 0.5) is 0 Å². The Morgan fingerprint density at radius 2 is 2.38 bits per heavy atom. The minimum absolute atomic E-state index is 0.0603. The number of aromatic nitrogens is 1. The topological polar surface area (TPSA) is 42.0 Å². The number of amides is 1. The molecule has 1 N–H and O–H groups in total. The highest BCUT2D eigenvalue weighted by atomic mass is 35.5. The van der Waals surface area contributed by atoms with E-state index in [0.717, 1.165) is 30.8 Å². The molecule has 86 valence electrons. The molecule has 0 saturated carbocycles. The SMILES string of the molecule is O=C1NCCCC[C@@H]1Sc1ncccc1Cl. The van der Waals surface area contributed by atoms with Crippen molar-refractivity contribution in [2.45, 2.75) is 29.5 Å². The van der Waals surface area contributed by atoms with Crippen molar-refractivity contribution in [3.05, 3.63) is 23.4 Å². The Morgan fingerprint density at radius 1 is 1.50 bits per heavy atom. The molecule has 0 aliphatic carbocycles. The molecule has 3 nitrogen and oxygen atoms in total. The number of hydrogen-bond donors (Lipinski definition) is 1. The monoisotopic (exact) mass is 256 g/mol. The number of thioether (sulfide) groups is 1. The maximum Gasteiger partial charge on any atom is 0.233 e. The van der Waals surface area contributed by atoms with Gasteiger partial charge in [0.2, 0.25) is 5.91 Å². The van der Waals surface area contributed by atoms with Gasteiger partial charge in [0.25, 0.3) is 0 Å². The molecule has 0 spiro atoms. The Hall–Kier alpha value is -0.740. The van der Waals surface area contributed by atoms with E-state index < -0.39 is 0 Å². The third-order valence-corrected chi connectivity index (χ3v) is 4.16. The van der Waals surface area contributed by atoms with Crippen molar-refractivity contribution in [1.82, 2.24) is 10.3 Å². The van der Waals surface area contributed by atoms with Crippen LogP contribution in [0.5, 0.6) is 0 Å². The highest BCUT2D eigenvalue weighted by Gasteiger charge is 2.22. The van der Waals surface area contributed by atoms with Crippen LogP contribution >= 0.6 is 23.4 Å². The van der Waals surface area contributed by atoms with Crippen molar-refractivity contribution in [2.24, 2.45) is 0 Å². The molecule has 2 heterocycles. The average molecular weight is 257 g/mol. The first-order chi connectivity index (χ1) is 7.77. The lowest BCUT2D eigenvalue weighted by Crippen LogP contribution is -2.30. The molecule has 16 heavy (non-hydrogen) atoms. The van der Waals surface area contributed by atoms with Crippen LogP contribution in [0.3, 0.4) is 0 Å². The summed E-state index contributed by atoms with van der Waals surface area (Å²) in [5.74, 6) is 0.101. The number of carbonyl (C=O) groups excluding carboxylic acids is 1. The smallest absolute Gasteiger partial charge is 0.233 e. The summed E-state index contributed by atoms with van der Waals surface area (Å²) >= 11 is 7.47. The van der Waals surface area contributed by atoms with E-state index in [2.05, 4.69) is 10.3 Å². The standard InChI is InChI=1S/C11H13ClN2OS/c12-8-4-3-7-14-11(8)16-9-5-1-2-6-13-10(9)15/h3-4,7,9H,1-2,5-6H2,(H,13,15)/t9-/m0/s1. The van der Waals surface area contributed by atoms with E-state index in [4.69, 9.17) is 11.6 Å². The van der Waals surface area contributed by atoms with Crippen molar-refractivity contribution in [2.75, 3.05) is 6.54 Å². The van der Waals surface area contributed by atoms with Crippen molar-refractivity contribution in [1.29, 1.82) is 0 Å². The van der Waals surface area contributed by atoms with Crippen LogP contribution in [0.15, 0.2) is 23.4 Å². The second-order valence-corrected chi connectivity index (χ2v) is 5.28. The second-order valence-electron chi connectivity index (χ2n) is 3.68. The summed E-state index contributed by atoms with van der Waals surface area (Å²) in [5, 5.41) is 4.20. The molecule has 0 radical (unpaired) electrons. The van der Waals surface area contributed by atoms with Gasteiger partial charge < -0.3 is 5.32 Å². The molecule has 0 bridgehead atoms. The van der Waals surface area contributed by atoms with Gasteiger partial charge in [-0.3, -0.25) is 4.79 Å². The Labute approximate surface area is 104 Å². The molecule has 1 saturated heterocycles. The first kappa shape index (κ1) is 11.7. The van der Waals surface area contributed by atoms with Crippen LogP contribution in [-0.4, -0.2) is 22.7 Å². The number of nitrogens with zero attached hydrogens (tertiary/aromatic N) is 1. The minimum Gasteiger partial charge on any atom is -0.355 e. The third-order valence-electron chi connectivity index (χ3n) is 2.46. The van der Waals surface area contributed by atoms with Gasteiger partial charge in [0.15, 0.2) is 0 Å². The number of rotatable bonds is 2. The van der Waals surface area contributed by atoms with Gasteiger partial charge in [-0.2, -0.15) is 0 Å². The molecule has 1 aromatic heterocycles. The van der Waals surface area contributed by atoms with E-state index in [1.165, 1.54) is 11.8 Å². The lowest BCUT2D eigenvalue weighted by molar-refractivity contribution is -0.120. The molecule has 1 aromatic rings. The predicted molar refractivity (Wildman–Crippen MR) is 65.8 cm³/mol. The third kappa shape index (κ3) is 2.89. The summed E-state index contributed by atoms with van der Waals surface area (Å²) in [5.41, 5.74) is 0. The van der Waals surface area contributed by atoms with E-state index in [9.17, 15) is 4.79 Å². The molecular weight excluding hydrogens is 244 g/mol. The molecule has 2 rings (SSSR count). The number of halogens is 1. The summed E-state index contributed by atoms with van der Waals surface area (Å²) in [4.78, 5) is 15.9. The van der Waals surface area contributed by atoms with E-state index >= 15 is 0 Å². The van der Waals surface area contributed by atoms with Crippen LogP contribution in [0.25, 0.3) is 0 Å². The number of nitrogens with one attached hydrogen (secondary N) is 1. The van der Waals surface area contributed by atoms with Crippen LogP contribution < -0.4 is 5.32 Å². The molecule has 1 amide bonds. The van der Waals surface area contributed by atoms with Crippen molar-refractivity contribution in [3.63, 3.8) is 0 Å². The molecule has 0 unspecified atom stereocenters. The fraction of sp³-hybridized carbons (Fsp3) is 0.455. The summed E-state index contributed by atoms with van der Waals surface area (Å²) in [6.45, 7) is 0.784. The highest BCUT2D eigenvalue weighted by molar-refractivity contribution is 8.00. The Bertz CT molecular complexity index is 386. The molecule has 5 heteroatoms. The Kier molecular flexibility index (Phi) is 4.07. The van der Waals surface area contributed by atoms with Gasteiger partial charge in [0, 0.05) is 12.7 Å². The second kappa shape index (κ2) is 5.55. The van der Waals surface area contributed by atoms with Crippen LogP contribution in [-0.2, 0) is 4.79 Å². The number of carbonyl (C=O) groups is 1. The van der Waals surface area contributed by atoms with E-state index in [-0.39, 0.29) is 11.2 Å². The zero-order valence-electron chi connectivity index (χ0n) is 8.78. The van der Waals surface area contributed by atoms with Crippen molar-refractivity contribution < 1.29 is 4.79 Å². The zero-order valence-corrected chi connectivity index (χ0v) is 10.4. The van der Waals surface area contributed by atoms with Crippen LogP contribution in [0.1, 0.15) is 19.3 Å². The fourth-order valence-corrected chi connectivity index (χ4v) is 2.92. The first-order valence-corrected chi connectivity index (χ1v) is 6.58. The van der Waals surface area contributed by atoms with Crippen LogP contribution in [0.2, 0.25) is 5.02 Å². The highest BCUT2D eigenvalue weighted by Crippen LogP contribution is 2.31. The molecule has 0 aromatic carbocycles. The summed E-state index contributed by atoms with van der Waals surface area (Å²) in [6, 6.07) is 3.59. The molecule has 1 aliphatic heterocycles. The van der Waals surface area contributed by atoms with E-state index in [1.54, 1.807) is 18.3 Å². The molecule has 1 aliphatic rings. The quantitative estimate of drug-likeness (QED) is 0.884. The van der Waals surface area contributed by atoms with Gasteiger partial charge in [-0.1, -0.05) is 29.8 Å². The van der Waals surface area contributed by atoms with Gasteiger partial charge >= 0.3 is 0 Å². The first-order valence-electron chi connectivity index (χ1n) is 5.32. The normalized spacial score (nSPS) is 21.3. The average Bonchev–Trinajstić information content (AvgIpc) is 2.48. The summed E-state index contributed by atoms with van der Waals surface area (Å²) in [6.07, 6.45) is 4.71. The zero-order chi connectivity index (χ0) is 11.4. The molecule has 1 atom stereocenters. The van der Waals surface area contributed by atoms with E-state index in [1.807, 2.05) is 0 Å². The summed E-state index contributed by atoms with van der Waals surface area (Å²) < 4.78 is 0. The van der Waals surface area contributed by atoms with Gasteiger partial charge in [-0.15, -0.1) is 0 Å². The largest absolute Gasteiger partial charge is 0.355 e. The maximum absolute atomic E-state index is 11.7. The molecular formula is C11H13ClN2OS. The minimum atomic E-state index is -0.0603. The molecule has 1 fully saturated rings. The van der Waals surface area contributed by atoms with E-state index in [0.29, 0.717) is 5.02 Å². The Morgan fingerprint density at radius 3 is 3.19 bits per heavy atom. The maximum atomic E-state index is 11.7. The van der Waals surface area contributed by atoms with Gasteiger partial charge in [0.1, 0.15) is 5.03 Å². The number of pyridine rings is 1. The van der Waals surface area contributed by atoms with Crippen molar-refractivity contribution in [3.8, 4) is 0 Å². The fourth-order valence-electron chi connectivity index (χ4n) is 1.62. The lowest BCUT2D eigenvalue weighted by Gasteiger charge is -2.12. The number of hydrogen-bond acceptors (Lipinski definition) is 3. The predicted octanol–water partition coefficient (Wildman–Crippen LogP) is 2.50. The lowest BCUT2D eigenvalue weighted by atomic mass is 10.2. The van der Waals surface area contributed by atoms with Gasteiger partial charge in [-0.25, -0.2) is 4.98 Å². The van der Waals surface area contributed by atoms with Crippen LogP contribution in [0, 0.1) is 0 Å². The van der Waals surface area contributed by atoms with Gasteiger partial charge in [-0.05, 0) is 25.0 Å². The van der Waals surface area contributed by atoms with Crippen molar-refractivity contribution >= 4 is 29.3 Å². The Balaban J connectivity index is 2.08.